The molecule has 0 aliphatic heterocycles. The summed E-state index contributed by atoms with van der Waals surface area (Å²) in [6.45, 7) is 0.574. The zero-order valence-electron chi connectivity index (χ0n) is 10.5. The molecule has 0 atom stereocenters. The van der Waals surface area contributed by atoms with E-state index in [4.69, 9.17) is 5.73 Å². The van der Waals surface area contributed by atoms with Crippen LogP contribution in [0.4, 0.5) is 0 Å². The first-order chi connectivity index (χ1) is 9.03. The van der Waals surface area contributed by atoms with E-state index in [2.05, 4.69) is 9.82 Å². The quantitative estimate of drug-likeness (QED) is 0.811. The lowest BCUT2D eigenvalue weighted by molar-refractivity contribution is 0.581. The lowest BCUT2D eigenvalue weighted by Crippen LogP contribution is -2.26. The summed E-state index contributed by atoms with van der Waals surface area (Å²) in [5.41, 5.74) is 6.52. The van der Waals surface area contributed by atoms with Crippen molar-refractivity contribution in [1.29, 1.82) is 0 Å². The Balaban J connectivity index is 1.98. The van der Waals surface area contributed by atoms with Gasteiger partial charge in [-0.15, -0.1) is 11.3 Å². The van der Waals surface area contributed by atoms with Crippen LogP contribution >= 0.6 is 11.3 Å². The van der Waals surface area contributed by atoms with Crippen molar-refractivity contribution in [3.05, 3.63) is 34.3 Å². The molecule has 0 bridgehead atoms. The molecule has 0 saturated heterocycles. The molecule has 0 aliphatic rings. The molecule has 8 heteroatoms. The molecule has 0 amide bonds. The second-order valence-electron chi connectivity index (χ2n) is 4.08. The molecule has 0 spiro atoms. The molecule has 3 N–H and O–H groups in total. The van der Waals surface area contributed by atoms with Crippen LogP contribution in [0.3, 0.4) is 0 Å². The highest BCUT2D eigenvalue weighted by Gasteiger charge is 2.18. The number of nitrogens with one attached hydrogen (secondary N) is 1. The minimum absolute atomic E-state index is 0.233. The Morgan fingerprint density at radius 3 is 2.95 bits per heavy atom. The third-order valence-corrected chi connectivity index (χ3v) is 5.26. The lowest BCUT2D eigenvalue weighted by Gasteiger charge is -2.06. The Morgan fingerprint density at radius 1 is 1.53 bits per heavy atom. The molecule has 0 aliphatic carbocycles. The molecule has 104 valence electrons. The predicted octanol–water partition coefficient (Wildman–Crippen LogP) is 0.461. The van der Waals surface area contributed by atoms with Gasteiger partial charge in [0.1, 0.15) is 0 Å². The van der Waals surface area contributed by atoms with Gasteiger partial charge in [-0.1, -0.05) is 0 Å². The van der Waals surface area contributed by atoms with E-state index < -0.39 is 10.0 Å². The molecule has 19 heavy (non-hydrogen) atoms. The summed E-state index contributed by atoms with van der Waals surface area (Å²) in [6.07, 6.45) is 4.20. The number of nitrogens with two attached hydrogens (primary N) is 1. The van der Waals surface area contributed by atoms with Gasteiger partial charge in [-0.2, -0.15) is 5.10 Å². The van der Waals surface area contributed by atoms with Gasteiger partial charge in [0.2, 0.25) is 10.0 Å². The van der Waals surface area contributed by atoms with E-state index in [0.717, 1.165) is 5.56 Å². The number of nitrogens with zero attached hydrogens (tertiary/aromatic N) is 2. The van der Waals surface area contributed by atoms with E-state index in [0.29, 0.717) is 17.8 Å². The Morgan fingerprint density at radius 2 is 2.32 bits per heavy atom. The number of thiophene rings is 1. The van der Waals surface area contributed by atoms with Gasteiger partial charge in [-0.05, 0) is 23.4 Å². The minimum atomic E-state index is -3.47. The van der Waals surface area contributed by atoms with Gasteiger partial charge >= 0.3 is 0 Å². The van der Waals surface area contributed by atoms with Crippen LogP contribution in [0.25, 0.3) is 0 Å². The molecule has 0 fully saturated rings. The van der Waals surface area contributed by atoms with Gasteiger partial charge in [0.25, 0.3) is 0 Å². The van der Waals surface area contributed by atoms with Crippen LogP contribution < -0.4 is 10.5 Å². The van der Waals surface area contributed by atoms with Crippen molar-refractivity contribution in [3.8, 4) is 0 Å². The van der Waals surface area contributed by atoms with Crippen LogP contribution in [0.5, 0.6) is 0 Å². The van der Waals surface area contributed by atoms with Crippen molar-refractivity contribution in [1.82, 2.24) is 14.5 Å². The second-order valence-corrected chi connectivity index (χ2v) is 6.82. The first-order valence-corrected chi connectivity index (χ1v) is 8.13. The van der Waals surface area contributed by atoms with Gasteiger partial charge < -0.3 is 5.73 Å². The summed E-state index contributed by atoms with van der Waals surface area (Å²) >= 11 is 1.35. The van der Waals surface area contributed by atoms with E-state index >= 15 is 0 Å². The highest BCUT2D eigenvalue weighted by atomic mass is 32.2. The molecule has 0 aromatic carbocycles. The molecule has 2 aromatic rings. The van der Waals surface area contributed by atoms with E-state index in [1.165, 1.54) is 11.3 Å². The number of hydrogen-bond acceptors (Lipinski definition) is 5. The smallest absolute Gasteiger partial charge is 0.241 e. The largest absolute Gasteiger partial charge is 0.326 e. The van der Waals surface area contributed by atoms with Crippen LogP contribution in [0.15, 0.2) is 28.7 Å². The second kappa shape index (κ2) is 5.83. The molecular formula is C11H16N4O2S2. The van der Waals surface area contributed by atoms with Gasteiger partial charge in [0, 0.05) is 31.2 Å². The molecule has 2 heterocycles. The zero-order valence-corrected chi connectivity index (χ0v) is 12.2. The van der Waals surface area contributed by atoms with Gasteiger partial charge in [0.05, 0.1) is 11.1 Å². The normalized spacial score (nSPS) is 11.9. The summed E-state index contributed by atoms with van der Waals surface area (Å²) in [6, 6.07) is 1.58. The minimum Gasteiger partial charge on any atom is -0.326 e. The van der Waals surface area contributed by atoms with Crippen molar-refractivity contribution in [2.45, 2.75) is 17.9 Å². The summed E-state index contributed by atoms with van der Waals surface area (Å²) in [5, 5.41) is 5.77. The fourth-order valence-electron chi connectivity index (χ4n) is 1.73. The standard InChI is InChI=1S/C11H16N4O2S2/c1-15-8-9(7-13-15)2-4-14-19(16,17)11-3-5-18-10(11)6-12/h3,5,7-8,14H,2,4,6,12H2,1H3. The van der Waals surface area contributed by atoms with Crippen molar-refractivity contribution < 1.29 is 8.42 Å². The molecular weight excluding hydrogens is 284 g/mol. The molecule has 0 unspecified atom stereocenters. The number of sulfonamides is 1. The summed E-state index contributed by atoms with van der Waals surface area (Å²) < 4.78 is 28.4. The van der Waals surface area contributed by atoms with E-state index in [9.17, 15) is 8.42 Å². The highest BCUT2D eigenvalue weighted by Crippen LogP contribution is 2.20. The molecule has 0 saturated carbocycles. The van der Waals surface area contributed by atoms with E-state index in [-0.39, 0.29) is 11.4 Å². The Labute approximate surface area is 116 Å². The third kappa shape index (κ3) is 3.41. The average molecular weight is 300 g/mol. The maximum Gasteiger partial charge on any atom is 0.241 e. The predicted molar refractivity (Wildman–Crippen MR) is 74.3 cm³/mol. The SMILES string of the molecule is Cn1cc(CCNS(=O)(=O)c2ccsc2CN)cn1. The monoisotopic (exact) mass is 300 g/mol. The van der Waals surface area contributed by atoms with Gasteiger partial charge in [-0.3, -0.25) is 4.68 Å². The van der Waals surface area contributed by atoms with Crippen molar-refractivity contribution in [3.63, 3.8) is 0 Å². The van der Waals surface area contributed by atoms with E-state index in [1.54, 1.807) is 22.3 Å². The van der Waals surface area contributed by atoms with Gasteiger partial charge in [0.15, 0.2) is 0 Å². The maximum atomic E-state index is 12.1. The van der Waals surface area contributed by atoms with Crippen LogP contribution in [0.2, 0.25) is 0 Å². The first kappa shape index (κ1) is 14.2. The average Bonchev–Trinajstić information content (AvgIpc) is 2.97. The zero-order chi connectivity index (χ0) is 13.9. The molecule has 0 radical (unpaired) electrons. The van der Waals surface area contributed by atoms with Crippen LogP contribution in [0.1, 0.15) is 10.4 Å². The Hall–Kier alpha value is -1.22. The van der Waals surface area contributed by atoms with Crippen molar-refractivity contribution >= 4 is 21.4 Å². The van der Waals surface area contributed by atoms with Crippen molar-refractivity contribution in [2.24, 2.45) is 12.8 Å². The lowest BCUT2D eigenvalue weighted by atomic mass is 10.3. The van der Waals surface area contributed by atoms with Crippen LogP contribution in [-0.2, 0) is 30.0 Å². The van der Waals surface area contributed by atoms with Crippen LogP contribution in [-0.4, -0.2) is 24.7 Å². The first-order valence-electron chi connectivity index (χ1n) is 5.76. The number of aromatic nitrogens is 2. The number of hydrogen-bond donors (Lipinski definition) is 2. The maximum absolute atomic E-state index is 12.1. The Bertz CT molecular complexity index is 645. The number of rotatable bonds is 6. The molecule has 6 nitrogen and oxygen atoms in total. The summed E-state index contributed by atoms with van der Waals surface area (Å²) in [4.78, 5) is 0.958. The molecule has 2 aromatic heterocycles. The van der Waals surface area contributed by atoms with Crippen molar-refractivity contribution in [2.75, 3.05) is 6.54 Å². The van der Waals surface area contributed by atoms with Crippen LogP contribution in [0, 0.1) is 0 Å². The third-order valence-electron chi connectivity index (χ3n) is 2.64. The topological polar surface area (TPSA) is 90.0 Å². The number of aryl methyl sites for hydroxylation is 1. The van der Waals surface area contributed by atoms with E-state index in [1.807, 2.05) is 13.2 Å². The van der Waals surface area contributed by atoms with Gasteiger partial charge in [-0.25, -0.2) is 13.1 Å². The summed E-state index contributed by atoms with van der Waals surface area (Å²) in [7, 11) is -1.64. The fourth-order valence-corrected chi connectivity index (χ4v) is 4.09. The highest BCUT2D eigenvalue weighted by molar-refractivity contribution is 7.89. The fraction of sp³-hybridized carbons (Fsp3) is 0.364. The Kier molecular flexibility index (Phi) is 4.35. The molecule has 2 rings (SSSR count). The summed E-state index contributed by atoms with van der Waals surface area (Å²) in [5.74, 6) is 0.